The fourth-order valence-electron chi connectivity index (χ4n) is 2.03. The van der Waals surface area contributed by atoms with Crippen molar-refractivity contribution in [1.29, 1.82) is 0 Å². The van der Waals surface area contributed by atoms with Crippen LogP contribution in [0.2, 0.25) is 15.1 Å². The van der Waals surface area contributed by atoms with E-state index in [1.807, 2.05) is 0 Å². The fraction of sp³-hybridized carbons (Fsp3) is 0.176. The Bertz CT molecular complexity index is 1010. The van der Waals surface area contributed by atoms with E-state index < -0.39 is 28.5 Å². The van der Waals surface area contributed by atoms with Gasteiger partial charge in [-0.05, 0) is 30.3 Å². The van der Waals surface area contributed by atoms with Gasteiger partial charge in [-0.15, -0.1) is 0 Å². The molecule has 11 heteroatoms. The van der Waals surface area contributed by atoms with Gasteiger partial charge in [0.2, 0.25) is 10.0 Å². The number of benzene rings is 2. The minimum atomic E-state index is -3.77. The number of nitrogens with one attached hydrogen (secondary N) is 1. The molecule has 0 radical (unpaired) electrons. The van der Waals surface area contributed by atoms with Gasteiger partial charge in [-0.25, -0.2) is 17.5 Å². The Morgan fingerprint density at radius 1 is 1.04 bits per heavy atom. The number of rotatable bonds is 6. The third-order valence-corrected chi connectivity index (χ3v) is 6.27. The molecule has 1 amide bonds. The largest absolute Gasteiger partial charge is 0.452 e. The van der Waals surface area contributed by atoms with Gasteiger partial charge in [-0.3, -0.25) is 4.79 Å². The molecule has 0 atom stereocenters. The van der Waals surface area contributed by atoms with Gasteiger partial charge in [0, 0.05) is 14.1 Å². The lowest BCUT2D eigenvalue weighted by Gasteiger charge is -2.13. The van der Waals surface area contributed by atoms with E-state index in [1.165, 1.54) is 38.4 Å². The van der Waals surface area contributed by atoms with E-state index in [1.54, 1.807) is 6.07 Å². The molecule has 1 N–H and O–H groups in total. The van der Waals surface area contributed by atoms with Gasteiger partial charge in [-0.2, -0.15) is 0 Å². The number of sulfonamides is 1. The number of para-hydroxylation sites is 1. The van der Waals surface area contributed by atoms with Crippen molar-refractivity contribution in [3.63, 3.8) is 0 Å². The first-order chi connectivity index (χ1) is 13.0. The molecule has 0 unspecified atom stereocenters. The topological polar surface area (TPSA) is 92.8 Å². The molecule has 0 aromatic heterocycles. The van der Waals surface area contributed by atoms with Crippen molar-refractivity contribution in [2.24, 2.45) is 0 Å². The van der Waals surface area contributed by atoms with E-state index in [2.05, 4.69) is 5.32 Å². The number of ether oxygens (including phenoxy) is 1. The Morgan fingerprint density at radius 2 is 1.64 bits per heavy atom. The van der Waals surface area contributed by atoms with Crippen molar-refractivity contribution in [1.82, 2.24) is 4.31 Å². The first kappa shape index (κ1) is 22.4. The van der Waals surface area contributed by atoms with Gasteiger partial charge in [0.1, 0.15) is 0 Å². The van der Waals surface area contributed by atoms with Crippen molar-refractivity contribution in [3.8, 4) is 0 Å². The minimum absolute atomic E-state index is 0.0164. The average Bonchev–Trinajstić information content (AvgIpc) is 2.63. The number of hydrogen-bond acceptors (Lipinski definition) is 5. The minimum Gasteiger partial charge on any atom is -0.452 e. The van der Waals surface area contributed by atoms with Gasteiger partial charge in [0.25, 0.3) is 5.91 Å². The highest BCUT2D eigenvalue weighted by Crippen LogP contribution is 2.29. The molecule has 0 saturated heterocycles. The fourth-order valence-corrected chi connectivity index (χ4v) is 3.65. The standard InChI is InChI=1S/C17H15Cl3N2O5S/c1-22(2)28(25,26)10-6-7-12(18)11(8-10)17(24)27-9-15(23)21-16-13(19)4-3-5-14(16)20/h3-8H,9H2,1-2H3,(H,21,23). The highest BCUT2D eigenvalue weighted by molar-refractivity contribution is 7.89. The molecule has 0 fully saturated rings. The number of halogens is 3. The third-order valence-electron chi connectivity index (χ3n) is 3.50. The maximum atomic E-state index is 12.3. The molecule has 0 saturated carbocycles. The van der Waals surface area contributed by atoms with Gasteiger partial charge in [-0.1, -0.05) is 40.9 Å². The Balaban J connectivity index is 2.12. The van der Waals surface area contributed by atoms with Crippen molar-refractivity contribution < 1.29 is 22.7 Å². The van der Waals surface area contributed by atoms with Gasteiger partial charge >= 0.3 is 5.97 Å². The summed E-state index contributed by atoms with van der Waals surface area (Å²) in [7, 11) is -1.07. The van der Waals surface area contributed by atoms with E-state index in [-0.39, 0.29) is 31.2 Å². The number of esters is 1. The molecular weight excluding hydrogens is 451 g/mol. The van der Waals surface area contributed by atoms with Crippen LogP contribution in [0.4, 0.5) is 5.69 Å². The van der Waals surface area contributed by atoms with Crippen molar-refractivity contribution >= 4 is 62.4 Å². The lowest BCUT2D eigenvalue weighted by atomic mass is 10.2. The summed E-state index contributed by atoms with van der Waals surface area (Å²) in [5, 5.41) is 2.86. The molecule has 0 spiro atoms. The van der Waals surface area contributed by atoms with Crippen LogP contribution < -0.4 is 5.32 Å². The molecule has 0 aliphatic rings. The van der Waals surface area contributed by atoms with Crippen LogP contribution in [0.5, 0.6) is 0 Å². The number of anilines is 1. The van der Waals surface area contributed by atoms with E-state index in [4.69, 9.17) is 39.5 Å². The Labute approximate surface area is 177 Å². The predicted molar refractivity (Wildman–Crippen MR) is 108 cm³/mol. The second kappa shape index (κ2) is 9.11. The molecule has 0 aliphatic heterocycles. The summed E-state index contributed by atoms with van der Waals surface area (Å²) in [6.45, 7) is -0.651. The van der Waals surface area contributed by atoms with Gasteiger partial charge < -0.3 is 10.1 Å². The summed E-state index contributed by atoms with van der Waals surface area (Å²) in [4.78, 5) is 24.1. The summed E-state index contributed by atoms with van der Waals surface area (Å²) in [5.74, 6) is -1.64. The van der Waals surface area contributed by atoms with Crippen molar-refractivity contribution in [2.45, 2.75) is 4.90 Å². The molecule has 0 bridgehead atoms. The molecule has 150 valence electrons. The number of carbonyl (C=O) groups is 2. The molecule has 2 rings (SSSR count). The Hall–Kier alpha value is -1.84. The monoisotopic (exact) mass is 464 g/mol. The second-order valence-corrected chi connectivity index (χ2v) is 9.02. The zero-order valence-corrected chi connectivity index (χ0v) is 17.8. The average molecular weight is 466 g/mol. The number of amides is 1. The first-order valence-corrected chi connectivity index (χ1v) is 10.2. The van der Waals surface area contributed by atoms with Crippen molar-refractivity contribution in [2.75, 3.05) is 26.0 Å². The van der Waals surface area contributed by atoms with E-state index in [0.29, 0.717) is 0 Å². The lowest BCUT2D eigenvalue weighted by Crippen LogP contribution is -2.23. The third kappa shape index (κ3) is 5.15. The summed E-state index contributed by atoms with van der Waals surface area (Å²) in [6.07, 6.45) is 0. The number of carbonyl (C=O) groups excluding carboxylic acids is 2. The van der Waals surface area contributed by atoms with Crippen LogP contribution in [-0.2, 0) is 19.6 Å². The summed E-state index contributed by atoms with van der Waals surface area (Å²) < 4.78 is 30.3. The highest BCUT2D eigenvalue weighted by Gasteiger charge is 2.22. The van der Waals surface area contributed by atoms with Gasteiger partial charge in [0.15, 0.2) is 6.61 Å². The molecule has 2 aromatic carbocycles. The van der Waals surface area contributed by atoms with Crippen LogP contribution in [0.15, 0.2) is 41.3 Å². The molecule has 2 aromatic rings. The number of hydrogen-bond donors (Lipinski definition) is 1. The molecule has 7 nitrogen and oxygen atoms in total. The quantitative estimate of drug-likeness (QED) is 0.657. The summed E-state index contributed by atoms with van der Waals surface area (Å²) in [6, 6.07) is 8.29. The zero-order valence-electron chi connectivity index (χ0n) is 14.7. The maximum absolute atomic E-state index is 12.3. The van der Waals surface area contributed by atoms with Crippen LogP contribution >= 0.6 is 34.8 Å². The Kier molecular flexibility index (Phi) is 7.30. The van der Waals surface area contributed by atoms with Crippen LogP contribution in [0, 0.1) is 0 Å². The molecule has 0 aliphatic carbocycles. The molecule has 28 heavy (non-hydrogen) atoms. The number of nitrogens with zero attached hydrogens (tertiary/aromatic N) is 1. The van der Waals surface area contributed by atoms with Crippen LogP contribution in [0.1, 0.15) is 10.4 Å². The maximum Gasteiger partial charge on any atom is 0.340 e. The first-order valence-electron chi connectivity index (χ1n) is 7.67. The summed E-state index contributed by atoms with van der Waals surface area (Å²) in [5.41, 5.74) is -0.00263. The van der Waals surface area contributed by atoms with Crippen LogP contribution in [0.3, 0.4) is 0 Å². The van der Waals surface area contributed by atoms with E-state index in [9.17, 15) is 18.0 Å². The zero-order chi connectivity index (χ0) is 21.1. The van der Waals surface area contributed by atoms with E-state index >= 15 is 0 Å². The predicted octanol–water partition coefficient (Wildman–Crippen LogP) is 3.69. The molecule has 0 heterocycles. The lowest BCUT2D eigenvalue weighted by molar-refractivity contribution is -0.119. The SMILES string of the molecule is CN(C)S(=O)(=O)c1ccc(Cl)c(C(=O)OCC(=O)Nc2c(Cl)cccc2Cl)c1. The van der Waals surface area contributed by atoms with E-state index in [0.717, 1.165) is 10.4 Å². The molecular formula is C17H15Cl3N2O5S. The highest BCUT2D eigenvalue weighted by atomic mass is 35.5. The Morgan fingerprint density at radius 3 is 2.21 bits per heavy atom. The van der Waals surface area contributed by atoms with Crippen LogP contribution in [-0.4, -0.2) is 45.3 Å². The normalized spacial score (nSPS) is 11.4. The van der Waals surface area contributed by atoms with Crippen LogP contribution in [0.25, 0.3) is 0 Å². The van der Waals surface area contributed by atoms with Gasteiger partial charge in [0.05, 0.1) is 31.2 Å². The second-order valence-electron chi connectivity index (χ2n) is 5.65. The summed E-state index contributed by atoms with van der Waals surface area (Å²) >= 11 is 17.9. The smallest absolute Gasteiger partial charge is 0.340 e. The van der Waals surface area contributed by atoms with Crippen molar-refractivity contribution in [3.05, 3.63) is 57.0 Å².